The number of hydrogen-bond acceptors (Lipinski definition) is 5. The quantitative estimate of drug-likeness (QED) is 0.0327. The highest BCUT2D eigenvalue weighted by Crippen LogP contribution is 2.18. The highest BCUT2D eigenvalue weighted by molar-refractivity contribution is 5.83. The van der Waals surface area contributed by atoms with E-state index in [1.165, 1.54) is 64.2 Å². The molecule has 0 bridgehead atoms. The Labute approximate surface area is 331 Å². The Morgan fingerprint density at radius 3 is 1.54 bits per heavy atom. The summed E-state index contributed by atoms with van der Waals surface area (Å²) in [6.07, 6.45) is 51.3. The number of carbonyl (C=O) groups excluding carboxylic acids is 2. The van der Waals surface area contributed by atoms with Gasteiger partial charge in [0.2, 0.25) is 5.91 Å². The lowest BCUT2D eigenvalue weighted by Crippen LogP contribution is -2.40. The first-order valence-corrected chi connectivity index (χ1v) is 22.1. The van der Waals surface area contributed by atoms with Crippen LogP contribution in [0.15, 0.2) is 60.8 Å². The molecule has 54 heavy (non-hydrogen) atoms. The first-order valence-electron chi connectivity index (χ1n) is 22.1. The molecule has 1 amide bonds. The maximum atomic E-state index is 12.7. The van der Waals surface area contributed by atoms with E-state index in [1.54, 1.807) is 0 Å². The van der Waals surface area contributed by atoms with Gasteiger partial charge in [-0.15, -0.1) is 0 Å². The number of carboxylic acids is 1. The Morgan fingerprint density at radius 1 is 0.556 bits per heavy atom. The van der Waals surface area contributed by atoms with Gasteiger partial charge in [-0.05, 0) is 103 Å². The summed E-state index contributed by atoms with van der Waals surface area (Å²) < 4.78 is 5.99. The van der Waals surface area contributed by atoms with Crippen molar-refractivity contribution in [3.05, 3.63) is 60.8 Å². The van der Waals surface area contributed by atoms with Gasteiger partial charge in [-0.1, -0.05) is 152 Å². The molecule has 2 atom stereocenters. The van der Waals surface area contributed by atoms with Crippen molar-refractivity contribution < 1.29 is 24.2 Å². The summed E-state index contributed by atoms with van der Waals surface area (Å²) >= 11 is 0. The van der Waals surface area contributed by atoms with Gasteiger partial charge in [0, 0.05) is 12.8 Å². The Morgan fingerprint density at radius 2 is 1.02 bits per heavy atom. The van der Waals surface area contributed by atoms with Gasteiger partial charge < -0.3 is 20.9 Å². The molecule has 0 saturated carbocycles. The molecule has 0 aromatic carbocycles. The van der Waals surface area contributed by atoms with Gasteiger partial charge in [0.15, 0.2) is 0 Å². The molecule has 0 saturated heterocycles. The van der Waals surface area contributed by atoms with Gasteiger partial charge in [0.1, 0.15) is 12.1 Å². The second-order valence-electron chi connectivity index (χ2n) is 14.7. The molecule has 4 N–H and O–H groups in total. The molecule has 7 heteroatoms. The zero-order valence-corrected chi connectivity index (χ0v) is 34.8. The number of aliphatic carboxylic acids is 1. The van der Waals surface area contributed by atoms with E-state index in [4.69, 9.17) is 10.5 Å². The standard InChI is InChI=1S/C47H82N2O5/c1-3-5-7-9-11-12-13-14-15-16-17-18-19-20-21-22-23-24-25-26-27-29-35-41-46(51)54-43(37-32-28-10-8-6-4-2)38-33-30-31-34-40-45(50)49-44(47(52)53)39-36-42-48/h5,7,11-12,14-15,17-18,20-21,43-44H,3-4,6,8-10,13,16,19,22-42,48H2,1-2H3,(H,49,50)(H,52,53)/b7-5-,12-11-,15-14-,18-17-,21-20-. The molecule has 0 aromatic rings. The zero-order chi connectivity index (χ0) is 39.6. The van der Waals surface area contributed by atoms with Crippen molar-refractivity contribution in [2.24, 2.45) is 5.73 Å². The van der Waals surface area contributed by atoms with Crippen molar-refractivity contribution in [1.82, 2.24) is 5.32 Å². The molecule has 0 fully saturated rings. The number of carbonyl (C=O) groups is 3. The molecule has 0 aromatic heterocycles. The van der Waals surface area contributed by atoms with Crippen LogP contribution in [0.25, 0.3) is 0 Å². The van der Waals surface area contributed by atoms with E-state index in [0.29, 0.717) is 32.2 Å². The lowest BCUT2D eigenvalue weighted by Gasteiger charge is -2.18. The van der Waals surface area contributed by atoms with Crippen LogP contribution in [0.4, 0.5) is 0 Å². The number of nitrogens with one attached hydrogen (secondary N) is 1. The molecule has 310 valence electrons. The number of esters is 1. The molecular formula is C47H82N2O5. The van der Waals surface area contributed by atoms with Crippen LogP contribution in [0, 0.1) is 0 Å². The number of carboxylic acid groups (broad SMARTS) is 1. The Hall–Kier alpha value is -2.93. The van der Waals surface area contributed by atoms with Crippen molar-refractivity contribution >= 4 is 17.8 Å². The molecule has 0 aliphatic carbocycles. The predicted octanol–water partition coefficient (Wildman–Crippen LogP) is 12.6. The van der Waals surface area contributed by atoms with Crippen LogP contribution in [-0.2, 0) is 19.1 Å². The molecule has 2 unspecified atom stereocenters. The Bertz CT molecular complexity index is 1030. The van der Waals surface area contributed by atoms with Gasteiger partial charge in [-0.3, -0.25) is 9.59 Å². The summed E-state index contributed by atoms with van der Waals surface area (Å²) in [6, 6.07) is -0.866. The fraction of sp³-hybridized carbons (Fsp3) is 0.723. The summed E-state index contributed by atoms with van der Waals surface area (Å²) in [5.74, 6) is -1.28. The molecule has 0 spiro atoms. The van der Waals surface area contributed by atoms with Crippen LogP contribution in [0.5, 0.6) is 0 Å². The average molecular weight is 755 g/mol. The third-order valence-corrected chi connectivity index (χ3v) is 9.60. The maximum Gasteiger partial charge on any atom is 0.326 e. The van der Waals surface area contributed by atoms with Crippen molar-refractivity contribution in [2.75, 3.05) is 6.54 Å². The van der Waals surface area contributed by atoms with Gasteiger partial charge in [-0.2, -0.15) is 0 Å². The number of allylic oxidation sites excluding steroid dienone is 10. The predicted molar refractivity (Wildman–Crippen MR) is 229 cm³/mol. The van der Waals surface area contributed by atoms with E-state index >= 15 is 0 Å². The number of unbranched alkanes of at least 4 members (excludes halogenated alkanes) is 15. The van der Waals surface area contributed by atoms with Crippen molar-refractivity contribution in [3.8, 4) is 0 Å². The van der Waals surface area contributed by atoms with Crippen LogP contribution in [0.2, 0.25) is 0 Å². The Kier molecular flexibility index (Phi) is 39.0. The number of ether oxygens (including phenoxy) is 1. The molecule has 0 aliphatic heterocycles. The van der Waals surface area contributed by atoms with Crippen LogP contribution < -0.4 is 11.1 Å². The van der Waals surface area contributed by atoms with E-state index in [9.17, 15) is 19.5 Å². The van der Waals surface area contributed by atoms with Crippen LogP contribution in [0.1, 0.15) is 200 Å². The monoisotopic (exact) mass is 755 g/mol. The van der Waals surface area contributed by atoms with Gasteiger partial charge in [0.25, 0.3) is 0 Å². The molecule has 0 radical (unpaired) electrons. The summed E-state index contributed by atoms with van der Waals surface area (Å²) in [5, 5.41) is 11.9. The van der Waals surface area contributed by atoms with E-state index in [2.05, 4.69) is 79.9 Å². The molecule has 0 aliphatic rings. The minimum absolute atomic E-state index is 0.0196. The highest BCUT2D eigenvalue weighted by atomic mass is 16.5. The van der Waals surface area contributed by atoms with E-state index < -0.39 is 12.0 Å². The van der Waals surface area contributed by atoms with Crippen LogP contribution in [0.3, 0.4) is 0 Å². The molecule has 7 nitrogen and oxygen atoms in total. The molecule has 0 rings (SSSR count). The fourth-order valence-electron chi connectivity index (χ4n) is 6.30. The minimum Gasteiger partial charge on any atom is -0.480 e. The van der Waals surface area contributed by atoms with Gasteiger partial charge in [0.05, 0.1) is 0 Å². The third-order valence-electron chi connectivity index (χ3n) is 9.60. The number of amides is 1. The van der Waals surface area contributed by atoms with Crippen LogP contribution in [-0.4, -0.2) is 41.6 Å². The lowest BCUT2D eigenvalue weighted by atomic mass is 10.0. The molecular weight excluding hydrogens is 673 g/mol. The lowest BCUT2D eigenvalue weighted by molar-refractivity contribution is -0.150. The van der Waals surface area contributed by atoms with Crippen molar-refractivity contribution in [2.45, 2.75) is 212 Å². The number of nitrogens with two attached hydrogens (primary N) is 1. The first kappa shape index (κ1) is 51.1. The minimum atomic E-state index is -1.01. The summed E-state index contributed by atoms with van der Waals surface area (Å²) in [5.41, 5.74) is 5.48. The highest BCUT2D eigenvalue weighted by Gasteiger charge is 2.19. The van der Waals surface area contributed by atoms with E-state index in [-0.39, 0.29) is 18.0 Å². The normalized spacial score (nSPS) is 13.2. The van der Waals surface area contributed by atoms with Crippen LogP contribution >= 0.6 is 0 Å². The smallest absolute Gasteiger partial charge is 0.326 e. The largest absolute Gasteiger partial charge is 0.480 e. The fourth-order valence-corrected chi connectivity index (χ4v) is 6.30. The third kappa shape index (κ3) is 37.4. The summed E-state index contributed by atoms with van der Waals surface area (Å²) in [7, 11) is 0. The van der Waals surface area contributed by atoms with E-state index in [0.717, 1.165) is 96.3 Å². The SMILES string of the molecule is CC/C=C\C/C=C\C/C=C\C/C=C\C/C=C\CCCCCCCCCC(=O)OC(CCCCCCCC)CCCCCCC(=O)NC(CCCN)C(=O)O. The van der Waals surface area contributed by atoms with Crippen molar-refractivity contribution in [1.29, 1.82) is 0 Å². The van der Waals surface area contributed by atoms with Gasteiger partial charge >= 0.3 is 11.9 Å². The topological polar surface area (TPSA) is 119 Å². The zero-order valence-electron chi connectivity index (χ0n) is 34.8. The van der Waals surface area contributed by atoms with E-state index in [1.807, 2.05) is 0 Å². The Balaban J connectivity index is 4.08. The summed E-state index contributed by atoms with van der Waals surface area (Å²) in [6.45, 7) is 4.80. The maximum absolute atomic E-state index is 12.7. The second-order valence-corrected chi connectivity index (χ2v) is 14.7. The number of hydrogen-bond donors (Lipinski definition) is 3. The number of rotatable bonds is 39. The molecule has 0 heterocycles. The van der Waals surface area contributed by atoms with Gasteiger partial charge in [-0.25, -0.2) is 4.79 Å². The second kappa shape index (κ2) is 41.2. The average Bonchev–Trinajstić information content (AvgIpc) is 3.16. The van der Waals surface area contributed by atoms with Crippen molar-refractivity contribution in [3.63, 3.8) is 0 Å². The summed E-state index contributed by atoms with van der Waals surface area (Å²) in [4.78, 5) is 36.3. The first-order chi connectivity index (χ1) is 26.4.